The van der Waals surface area contributed by atoms with Crippen molar-refractivity contribution in [3.63, 3.8) is 0 Å². The third kappa shape index (κ3) is 4.61. The van der Waals surface area contributed by atoms with Crippen LogP contribution in [0.1, 0.15) is 0 Å². The van der Waals surface area contributed by atoms with Crippen LogP contribution in [0.5, 0.6) is 0 Å². The van der Waals surface area contributed by atoms with Crippen LogP contribution in [0, 0.1) is 0 Å². The second-order valence-electron chi connectivity index (χ2n) is 13.8. The normalized spacial score (nSPS) is 11.8. The van der Waals surface area contributed by atoms with Gasteiger partial charge in [-0.3, -0.25) is 0 Å². The molecule has 53 heavy (non-hydrogen) atoms. The molecule has 3 heterocycles. The number of para-hydroxylation sites is 2. The quantitative estimate of drug-likeness (QED) is 0.172. The average molecular weight is 676 g/mol. The summed E-state index contributed by atoms with van der Waals surface area (Å²) in [7, 11) is 0. The molecule has 3 nitrogen and oxygen atoms in total. The van der Waals surface area contributed by atoms with Gasteiger partial charge in [-0.1, -0.05) is 127 Å². The summed E-state index contributed by atoms with van der Waals surface area (Å²) in [6.45, 7) is 0. The summed E-state index contributed by atoms with van der Waals surface area (Å²) in [5.41, 5.74) is 14.3. The molecule has 3 aromatic heterocycles. The van der Waals surface area contributed by atoms with Gasteiger partial charge in [0.2, 0.25) is 0 Å². The topological polar surface area (TPSA) is 14.8 Å². The molecule has 0 bridgehead atoms. The van der Waals surface area contributed by atoms with Crippen molar-refractivity contribution in [3.05, 3.63) is 200 Å². The van der Waals surface area contributed by atoms with Crippen LogP contribution in [-0.4, -0.2) is 13.7 Å². The van der Waals surface area contributed by atoms with E-state index in [1.54, 1.807) is 0 Å². The lowest BCUT2D eigenvalue weighted by atomic mass is 10.0. The van der Waals surface area contributed by atoms with E-state index in [9.17, 15) is 0 Å². The molecule has 0 saturated carbocycles. The second kappa shape index (κ2) is 11.7. The Morgan fingerprint density at radius 2 is 0.849 bits per heavy atom. The fraction of sp³-hybridized carbons (Fsp3) is 0. The second-order valence-corrected chi connectivity index (χ2v) is 13.8. The number of hydrogen-bond acceptors (Lipinski definition) is 0. The SMILES string of the molecule is c1ccc(-c2ccc3c(c2)c2cc(-c4ccccc4)ccc2n3-c2cccc(-n3ccc4ccc5c6ccccc6n(-c6ccccc6)c5c43)c2)cc1. The van der Waals surface area contributed by atoms with Crippen LogP contribution in [-0.2, 0) is 0 Å². The van der Waals surface area contributed by atoms with Crippen molar-refractivity contribution in [1.82, 2.24) is 13.7 Å². The molecule has 0 aliphatic carbocycles. The van der Waals surface area contributed by atoms with Gasteiger partial charge in [0, 0.05) is 50.2 Å². The van der Waals surface area contributed by atoms with Gasteiger partial charge in [0.1, 0.15) is 0 Å². The van der Waals surface area contributed by atoms with Gasteiger partial charge in [-0.25, -0.2) is 0 Å². The lowest BCUT2D eigenvalue weighted by Gasteiger charge is -2.14. The highest BCUT2D eigenvalue weighted by molar-refractivity contribution is 6.18. The standard InChI is InChI=1S/C50H33N3/c1-4-13-34(14-5-1)37-24-27-47-44(31-37)45-32-38(35-15-6-2-7-16-35)25-28-48(45)52(47)41-20-12-19-40(33-41)51-30-29-36-23-26-43-42-21-10-11-22-46(42)53(50(43)49(36)51)39-17-8-3-9-18-39/h1-33H. The maximum absolute atomic E-state index is 2.43. The molecule has 0 aliphatic heterocycles. The zero-order valence-corrected chi connectivity index (χ0v) is 28.9. The van der Waals surface area contributed by atoms with Crippen molar-refractivity contribution in [2.24, 2.45) is 0 Å². The predicted octanol–water partition coefficient (Wildman–Crippen LogP) is 13.2. The highest BCUT2D eigenvalue weighted by Crippen LogP contribution is 2.40. The van der Waals surface area contributed by atoms with Crippen LogP contribution in [0.25, 0.3) is 93.8 Å². The first-order valence-corrected chi connectivity index (χ1v) is 18.2. The molecule has 0 aliphatic rings. The number of fused-ring (bicyclic) bond motifs is 8. The Morgan fingerprint density at radius 3 is 1.53 bits per heavy atom. The van der Waals surface area contributed by atoms with E-state index in [1.807, 2.05) is 0 Å². The number of hydrogen-bond donors (Lipinski definition) is 0. The number of rotatable bonds is 5. The third-order valence-electron chi connectivity index (χ3n) is 10.8. The first kappa shape index (κ1) is 29.6. The minimum atomic E-state index is 1.12. The molecule has 11 rings (SSSR count). The molecule has 248 valence electrons. The molecule has 0 radical (unpaired) electrons. The Balaban J connectivity index is 1.15. The van der Waals surface area contributed by atoms with Gasteiger partial charge in [0.05, 0.1) is 27.6 Å². The van der Waals surface area contributed by atoms with Gasteiger partial charge < -0.3 is 13.7 Å². The minimum Gasteiger partial charge on any atom is -0.315 e. The summed E-state index contributed by atoms with van der Waals surface area (Å²) < 4.78 is 7.23. The van der Waals surface area contributed by atoms with E-state index in [4.69, 9.17) is 0 Å². The largest absolute Gasteiger partial charge is 0.315 e. The van der Waals surface area contributed by atoms with Gasteiger partial charge in [-0.2, -0.15) is 0 Å². The number of nitrogens with zero attached hydrogens (tertiary/aromatic N) is 3. The smallest absolute Gasteiger partial charge is 0.0788 e. The zero-order valence-electron chi connectivity index (χ0n) is 28.9. The van der Waals surface area contributed by atoms with Crippen LogP contribution in [0.15, 0.2) is 200 Å². The first-order chi connectivity index (χ1) is 26.3. The summed E-state index contributed by atoms with van der Waals surface area (Å²) >= 11 is 0. The van der Waals surface area contributed by atoms with E-state index in [2.05, 4.69) is 214 Å². The van der Waals surface area contributed by atoms with Crippen molar-refractivity contribution < 1.29 is 0 Å². The van der Waals surface area contributed by atoms with E-state index >= 15 is 0 Å². The van der Waals surface area contributed by atoms with Crippen LogP contribution in [0.4, 0.5) is 0 Å². The molecule has 0 amide bonds. The Morgan fingerprint density at radius 1 is 0.283 bits per heavy atom. The zero-order chi connectivity index (χ0) is 34.9. The molecule has 0 N–H and O–H groups in total. The molecule has 3 heteroatoms. The summed E-state index contributed by atoms with van der Waals surface area (Å²) in [6, 6.07) is 70.4. The maximum atomic E-state index is 2.43. The molecular formula is C50H33N3. The molecular weight excluding hydrogens is 643 g/mol. The molecule has 0 saturated heterocycles. The molecule has 8 aromatic carbocycles. The third-order valence-corrected chi connectivity index (χ3v) is 10.8. The van der Waals surface area contributed by atoms with E-state index in [-0.39, 0.29) is 0 Å². The Labute approximate surface area is 306 Å². The fourth-order valence-corrected chi connectivity index (χ4v) is 8.44. The predicted molar refractivity (Wildman–Crippen MR) is 223 cm³/mol. The van der Waals surface area contributed by atoms with Gasteiger partial charge in [0.15, 0.2) is 0 Å². The number of benzene rings is 8. The Kier molecular flexibility index (Phi) is 6.55. The lowest BCUT2D eigenvalue weighted by Crippen LogP contribution is -2.00. The minimum absolute atomic E-state index is 1.12. The summed E-state index contributed by atoms with van der Waals surface area (Å²) in [5, 5.41) is 6.19. The van der Waals surface area contributed by atoms with Crippen molar-refractivity contribution in [3.8, 4) is 39.3 Å². The highest BCUT2D eigenvalue weighted by atomic mass is 15.0. The summed E-state index contributed by atoms with van der Waals surface area (Å²) in [4.78, 5) is 0. The Hall–Kier alpha value is -7.10. The van der Waals surface area contributed by atoms with Gasteiger partial charge >= 0.3 is 0 Å². The average Bonchev–Trinajstić information content (AvgIpc) is 3.92. The van der Waals surface area contributed by atoms with E-state index < -0.39 is 0 Å². The fourth-order valence-electron chi connectivity index (χ4n) is 8.44. The van der Waals surface area contributed by atoms with Crippen LogP contribution in [0.3, 0.4) is 0 Å². The van der Waals surface area contributed by atoms with Crippen molar-refractivity contribution in [2.45, 2.75) is 0 Å². The maximum Gasteiger partial charge on any atom is 0.0788 e. The van der Waals surface area contributed by atoms with Gasteiger partial charge in [-0.15, -0.1) is 0 Å². The van der Waals surface area contributed by atoms with Crippen LogP contribution < -0.4 is 0 Å². The molecule has 0 fully saturated rings. The van der Waals surface area contributed by atoms with Crippen LogP contribution >= 0.6 is 0 Å². The molecule has 0 atom stereocenters. The van der Waals surface area contributed by atoms with E-state index in [1.165, 1.54) is 76.8 Å². The van der Waals surface area contributed by atoms with Gasteiger partial charge in [0.25, 0.3) is 0 Å². The Bertz CT molecular complexity index is 3050. The van der Waals surface area contributed by atoms with Crippen molar-refractivity contribution in [2.75, 3.05) is 0 Å². The van der Waals surface area contributed by atoms with Gasteiger partial charge in [-0.05, 0) is 89.0 Å². The highest BCUT2D eigenvalue weighted by Gasteiger charge is 2.19. The molecule has 0 unspecified atom stereocenters. The monoisotopic (exact) mass is 675 g/mol. The van der Waals surface area contributed by atoms with E-state index in [0.29, 0.717) is 0 Å². The van der Waals surface area contributed by atoms with Crippen LogP contribution in [0.2, 0.25) is 0 Å². The lowest BCUT2D eigenvalue weighted by molar-refractivity contribution is 1.10. The molecule has 11 aromatic rings. The molecule has 0 spiro atoms. The van der Waals surface area contributed by atoms with E-state index in [0.717, 1.165) is 17.1 Å². The van der Waals surface area contributed by atoms with Crippen molar-refractivity contribution in [1.29, 1.82) is 0 Å². The number of aromatic nitrogens is 3. The summed E-state index contributed by atoms with van der Waals surface area (Å²) in [6.07, 6.45) is 2.22. The first-order valence-electron chi connectivity index (χ1n) is 18.2. The van der Waals surface area contributed by atoms with Crippen molar-refractivity contribution >= 4 is 54.5 Å². The summed E-state index contributed by atoms with van der Waals surface area (Å²) in [5.74, 6) is 0.